The summed E-state index contributed by atoms with van der Waals surface area (Å²) in [6, 6.07) is 0. The summed E-state index contributed by atoms with van der Waals surface area (Å²) in [5.41, 5.74) is 0. The molecular weight excluding hydrogens is 375 g/mol. The first-order valence-electron chi connectivity index (χ1n) is 8.74. The molecule has 0 rings (SSSR count). The van der Waals surface area contributed by atoms with Crippen LogP contribution in [0.4, 0.5) is 0 Å². The van der Waals surface area contributed by atoms with E-state index in [1.165, 1.54) is 51.4 Å². The predicted octanol–water partition coefficient (Wildman–Crippen LogP) is 0.779. The number of hydrogen-bond donors (Lipinski definition) is 3. The second-order valence-electron chi connectivity index (χ2n) is 5.74. The molecule has 0 saturated carbocycles. The van der Waals surface area contributed by atoms with Gasteiger partial charge in [0.15, 0.2) is 0 Å². The Morgan fingerprint density at radius 1 is 0.846 bits per heavy atom. The molecule has 0 aliphatic heterocycles. The molecule has 0 aliphatic rings. The van der Waals surface area contributed by atoms with Gasteiger partial charge in [-0.3, -0.25) is 18.7 Å². The molecule has 0 saturated heterocycles. The van der Waals surface area contributed by atoms with Crippen molar-refractivity contribution < 1.29 is 67.9 Å². The minimum absolute atomic E-state index is 0. The number of ether oxygens (including phenoxy) is 1. The molecule has 26 heavy (non-hydrogen) atoms. The van der Waals surface area contributed by atoms with E-state index in [4.69, 9.17) is 27.4 Å². The SMILES string of the molecule is CCCCCCCCCCCCOC(=O)CCC(=O)O.O=S(=O)(O)O.[H-].[Na+]. The number of esters is 1. The van der Waals surface area contributed by atoms with E-state index >= 15 is 0 Å². The standard InChI is InChI=1S/C16H30O4.Na.H2O4S.H/c1-2-3-4-5-6-7-8-9-10-11-14-20-16(19)13-12-15(17)18;;1-5(2,3)4;/h2-14H2,1H3,(H,17,18);;(H2,1,2,3,4);/q;+1;;-1. The van der Waals surface area contributed by atoms with Crippen LogP contribution in [0.1, 0.15) is 85.4 Å². The maximum atomic E-state index is 11.1. The van der Waals surface area contributed by atoms with Gasteiger partial charge in [0, 0.05) is 0 Å². The number of carbonyl (C=O) groups excluding carboxylic acids is 1. The molecule has 0 heterocycles. The Kier molecular flexibility index (Phi) is 24.8. The Balaban J connectivity index is -0.000000333. The Morgan fingerprint density at radius 3 is 1.62 bits per heavy atom. The summed E-state index contributed by atoms with van der Waals surface area (Å²) in [7, 11) is -4.67. The molecule has 0 fully saturated rings. The fraction of sp³-hybridized carbons (Fsp3) is 0.875. The van der Waals surface area contributed by atoms with Crippen molar-refractivity contribution in [2.24, 2.45) is 0 Å². The summed E-state index contributed by atoms with van der Waals surface area (Å²) in [4.78, 5) is 21.4. The van der Waals surface area contributed by atoms with E-state index in [1.54, 1.807) is 0 Å². The third-order valence-electron chi connectivity index (χ3n) is 3.30. The van der Waals surface area contributed by atoms with Crippen molar-refractivity contribution >= 4 is 22.3 Å². The van der Waals surface area contributed by atoms with Crippen molar-refractivity contribution in [2.75, 3.05) is 6.61 Å². The molecule has 152 valence electrons. The average molecular weight is 408 g/mol. The molecule has 0 bridgehead atoms. The normalized spacial score (nSPS) is 10.3. The Morgan fingerprint density at radius 2 is 1.23 bits per heavy atom. The Hall–Kier alpha value is -0.190. The maximum Gasteiger partial charge on any atom is 1.00 e. The number of aliphatic carboxylic acids is 1. The number of carboxylic acids is 1. The van der Waals surface area contributed by atoms with Crippen LogP contribution in [0.25, 0.3) is 0 Å². The van der Waals surface area contributed by atoms with Gasteiger partial charge in [-0.1, -0.05) is 64.7 Å². The largest absolute Gasteiger partial charge is 1.00 e. The number of carboxylic acid groups (broad SMARTS) is 1. The van der Waals surface area contributed by atoms with Gasteiger partial charge in [0.2, 0.25) is 0 Å². The van der Waals surface area contributed by atoms with Crippen molar-refractivity contribution in [3.8, 4) is 0 Å². The van der Waals surface area contributed by atoms with Crippen LogP contribution in [0.2, 0.25) is 0 Å². The molecule has 0 aliphatic carbocycles. The minimum Gasteiger partial charge on any atom is -1.00 e. The topological polar surface area (TPSA) is 138 Å². The number of carbonyl (C=O) groups is 2. The monoisotopic (exact) mass is 408 g/mol. The quantitative estimate of drug-likeness (QED) is 0.166. The van der Waals surface area contributed by atoms with Gasteiger partial charge in [0.05, 0.1) is 19.4 Å². The van der Waals surface area contributed by atoms with Crippen molar-refractivity contribution in [2.45, 2.75) is 84.0 Å². The summed E-state index contributed by atoms with van der Waals surface area (Å²) in [5.74, 6) is -1.36. The molecule has 0 spiro atoms. The van der Waals surface area contributed by atoms with Gasteiger partial charge in [-0.25, -0.2) is 0 Å². The van der Waals surface area contributed by atoms with Crippen LogP contribution in [-0.2, 0) is 24.7 Å². The van der Waals surface area contributed by atoms with E-state index in [-0.39, 0.29) is 43.8 Å². The van der Waals surface area contributed by atoms with E-state index < -0.39 is 22.3 Å². The van der Waals surface area contributed by atoms with Gasteiger partial charge in [0.25, 0.3) is 0 Å². The Labute approximate surface area is 180 Å². The van der Waals surface area contributed by atoms with Crippen LogP contribution < -0.4 is 29.6 Å². The molecule has 0 atom stereocenters. The summed E-state index contributed by atoms with van der Waals surface area (Å²) in [5, 5.41) is 8.41. The van der Waals surface area contributed by atoms with Gasteiger partial charge in [0.1, 0.15) is 0 Å². The van der Waals surface area contributed by atoms with E-state index in [0.29, 0.717) is 6.61 Å². The zero-order chi connectivity index (χ0) is 19.6. The summed E-state index contributed by atoms with van der Waals surface area (Å²) >= 11 is 0. The van der Waals surface area contributed by atoms with Crippen LogP contribution in [-0.4, -0.2) is 41.2 Å². The van der Waals surface area contributed by atoms with Crippen molar-refractivity contribution in [1.29, 1.82) is 0 Å². The number of hydrogen-bond acceptors (Lipinski definition) is 5. The van der Waals surface area contributed by atoms with Gasteiger partial charge >= 0.3 is 51.9 Å². The molecule has 8 nitrogen and oxygen atoms in total. The summed E-state index contributed by atoms with van der Waals surface area (Å²) in [6.07, 6.45) is 12.3. The number of rotatable bonds is 14. The minimum atomic E-state index is -4.67. The van der Waals surface area contributed by atoms with Crippen LogP contribution in [0.5, 0.6) is 0 Å². The first kappa shape index (κ1) is 30.5. The molecule has 3 N–H and O–H groups in total. The first-order chi connectivity index (χ1) is 11.7. The zero-order valence-electron chi connectivity index (χ0n) is 17.0. The van der Waals surface area contributed by atoms with Gasteiger partial charge in [-0.15, -0.1) is 0 Å². The molecular formula is C16H33NaO8S. The molecule has 0 aromatic carbocycles. The van der Waals surface area contributed by atoms with Crippen molar-refractivity contribution in [3.63, 3.8) is 0 Å². The molecule has 0 aromatic rings. The second kappa shape index (κ2) is 21.1. The third kappa shape index (κ3) is 39.1. The predicted molar refractivity (Wildman–Crippen MR) is 95.0 cm³/mol. The summed E-state index contributed by atoms with van der Waals surface area (Å²) < 4.78 is 36.5. The summed E-state index contributed by atoms with van der Waals surface area (Å²) in [6.45, 7) is 2.66. The molecule has 10 heteroatoms. The van der Waals surface area contributed by atoms with E-state index in [1.807, 2.05) is 0 Å². The van der Waals surface area contributed by atoms with E-state index in [0.717, 1.165) is 12.8 Å². The van der Waals surface area contributed by atoms with Crippen LogP contribution >= 0.6 is 0 Å². The van der Waals surface area contributed by atoms with Gasteiger partial charge < -0.3 is 11.3 Å². The Bertz CT molecular complexity index is 438. The van der Waals surface area contributed by atoms with Gasteiger partial charge in [-0.2, -0.15) is 8.42 Å². The first-order valence-corrected chi connectivity index (χ1v) is 10.1. The molecule has 0 unspecified atom stereocenters. The van der Waals surface area contributed by atoms with Gasteiger partial charge in [-0.05, 0) is 6.42 Å². The molecule has 0 aromatic heterocycles. The van der Waals surface area contributed by atoms with Crippen LogP contribution in [0, 0.1) is 0 Å². The average Bonchev–Trinajstić information content (AvgIpc) is 2.49. The second-order valence-corrected chi connectivity index (χ2v) is 6.64. The van der Waals surface area contributed by atoms with Crippen LogP contribution in [0.15, 0.2) is 0 Å². The maximum absolute atomic E-state index is 11.1. The van der Waals surface area contributed by atoms with Crippen molar-refractivity contribution in [3.05, 3.63) is 0 Å². The fourth-order valence-electron chi connectivity index (χ4n) is 2.06. The molecule has 0 amide bonds. The fourth-order valence-corrected chi connectivity index (χ4v) is 2.06. The number of unbranched alkanes of at least 4 members (excludes halogenated alkanes) is 9. The smallest absolute Gasteiger partial charge is 1.00 e. The zero-order valence-corrected chi connectivity index (χ0v) is 18.8. The van der Waals surface area contributed by atoms with E-state index in [9.17, 15) is 9.59 Å². The van der Waals surface area contributed by atoms with Crippen molar-refractivity contribution in [1.82, 2.24) is 0 Å². The van der Waals surface area contributed by atoms with Crippen LogP contribution in [0.3, 0.4) is 0 Å². The third-order valence-corrected chi connectivity index (χ3v) is 3.30. The van der Waals surface area contributed by atoms with E-state index in [2.05, 4.69) is 6.92 Å². The molecule has 0 radical (unpaired) electrons.